The van der Waals surface area contributed by atoms with Crippen LogP contribution in [0.3, 0.4) is 0 Å². The summed E-state index contributed by atoms with van der Waals surface area (Å²) >= 11 is 0. The minimum absolute atomic E-state index is 0.233. The molecule has 0 aliphatic rings. The molecule has 0 saturated carbocycles. The Kier molecular flexibility index (Phi) is 5.62. The molecule has 0 radical (unpaired) electrons. The fourth-order valence-electron chi connectivity index (χ4n) is 3.53. The van der Waals surface area contributed by atoms with Crippen molar-refractivity contribution in [1.29, 1.82) is 0 Å². The molecule has 0 atom stereocenters. The van der Waals surface area contributed by atoms with Crippen molar-refractivity contribution in [2.45, 2.75) is 12.8 Å². The first kappa shape index (κ1) is 20.5. The standard InChI is InChI=1S/C23H22FN5O2/c1-28(23(31)21-18-10-3-4-11-19(18)22(30)29(2)27-21)12-6-9-17-14-20(26-25-17)15-7-5-8-16(24)13-15/h3-5,7-8,10-11,13-14H,6,9,12H2,1-2H3,(H,25,26). The zero-order valence-electron chi connectivity index (χ0n) is 17.3. The number of fused-ring (bicyclic) bond motifs is 1. The number of rotatable bonds is 6. The largest absolute Gasteiger partial charge is 0.340 e. The van der Waals surface area contributed by atoms with Crippen LogP contribution in [-0.2, 0) is 13.5 Å². The van der Waals surface area contributed by atoms with Gasteiger partial charge in [-0.3, -0.25) is 14.7 Å². The van der Waals surface area contributed by atoms with E-state index in [-0.39, 0.29) is 23.0 Å². The normalized spacial score (nSPS) is 11.1. The van der Waals surface area contributed by atoms with E-state index in [0.717, 1.165) is 5.69 Å². The van der Waals surface area contributed by atoms with Crippen molar-refractivity contribution in [2.24, 2.45) is 7.05 Å². The van der Waals surface area contributed by atoms with Crippen LogP contribution in [0.2, 0.25) is 0 Å². The average molecular weight is 419 g/mol. The lowest BCUT2D eigenvalue weighted by atomic mass is 10.1. The van der Waals surface area contributed by atoms with Gasteiger partial charge in [-0.1, -0.05) is 30.3 Å². The zero-order valence-corrected chi connectivity index (χ0v) is 17.3. The molecule has 0 spiro atoms. The third-order valence-corrected chi connectivity index (χ3v) is 5.20. The van der Waals surface area contributed by atoms with Gasteiger partial charge >= 0.3 is 0 Å². The summed E-state index contributed by atoms with van der Waals surface area (Å²) in [6, 6.07) is 15.2. The maximum atomic E-state index is 13.4. The highest BCUT2D eigenvalue weighted by Gasteiger charge is 2.19. The lowest BCUT2D eigenvalue weighted by molar-refractivity contribution is 0.0787. The second kappa shape index (κ2) is 8.51. The number of H-pyrrole nitrogens is 1. The fourth-order valence-corrected chi connectivity index (χ4v) is 3.53. The number of aromatic nitrogens is 4. The van der Waals surface area contributed by atoms with Crippen molar-refractivity contribution >= 4 is 16.7 Å². The molecule has 0 fully saturated rings. The van der Waals surface area contributed by atoms with Crippen LogP contribution in [0, 0.1) is 5.82 Å². The number of aryl methyl sites for hydroxylation is 2. The van der Waals surface area contributed by atoms with Crippen molar-refractivity contribution in [3.05, 3.63) is 82.2 Å². The van der Waals surface area contributed by atoms with Gasteiger partial charge < -0.3 is 4.90 Å². The Morgan fingerprint density at radius 3 is 2.68 bits per heavy atom. The molecule has 0 bridgehead atoms. The van der Waals surface area contributed by atoms with Crippen LogP contribution in [-0.4, -0.2) is 44.4 Å². The van der Waals surface area contributed by atoms with Crippen LogP contribution in [0.5, 0.6) is 0 Å². The minimum Gasteiger partial charge on any atom is -0.340 e. The van der Waals surface area contributed by atoms with E-state index >= 15 is 0 Å². The summed E-state index contributed by atoms with van der Waals surface area (Å²) in [5.74, 6) is -0.543. The quantitative estimate of drug-likeness (QED) is 0.520. The predicted octanol–water partition coefficient (Wildman–Crippen LogP) is 3.17. The SMILES string of the molecule is CN(CCCc1cc(-c2cccc(F)c2)n[nH]1)C(=O)c1nn(C)c(=O)c2ccccc12. The summed E-state index contributed by atoms with van der Waals surface area (Å²) in [7, 11) is 3.26. The van der Waals surface area contributed by atoms with Gasteiger partial charge in [0, 0.05) is 37.3 Å². The molecule has 0 aliphatic carbocycles. The van der Waals surface area contributed by atoms with Gasteiger partial charge in [0.2, 0.25) is 0 Å². The summed E-state index contributed by atoms with van der Waals surface area (Å²) in [5, 5.41) is 12.4. The summed E-state index contributed by atoms with van der Waals surface area (Å²) in [6.07, 6.45) is 1.39. The zero-order chi connectivity index (χ0) is 22.0. The van der Waals surface area contributed by atoms with Crippen LogP contribution >= 0.6 is 0 Å². The number of carbonyl (C=O) groups is 1. The summed E-state index contributed by atoms with van der Waals surface area (Å²) in [5.41, 5.74) is 2.33. The van der Waals surface area contributed by atoms with Crippen LogP contribution in [0.15, 0.2) is 59.4 Å². The summed E-state index contributed by atoms with van der Waals surface area (Å²) < 4.78 is 14.6. The Hall–Kier alpha value is -3.81. The first-order valence-corrected chi connectivity index (χ1v) is 9.96. The van der Waals surface area contributed by atoms with E-state index in [1.807, 2.05) is 6.07 Å². The number of benzene rings is 2. The third-order valence-electron chi connectivity index (χ3n) is 5.20. The number of halogens is 1. The number of nitrogens with one attached hydrogen (secondary N) is 1. The Bertz CT molecular complexity index is 1310. The Morgan fingerprint density at radius 1 is 1.13 bits per heavy atom. The van der Waals surface area contributed by atoms with E-state index in [1.165, 1.54) is 16.8 Å². The van der Waals surface area contributed by atoms with Crippen molar-refractivity contribution < 1.29 is 9.18 Å². The van der Waals surface area contributed by atoms with E-state index in [1.54, 1.807) is 55.4 Å². The number of hydrogen-bond acceptors (Lipinski definition) is 4. The van der Waals surface area contributed by atoms with Gasteiger partial charge in [0.25, 0.3) is 11.5 Å². The lowest BCUT2D eigenvalue weighted by Gasteiger charge is -2.17. The molecular formula is C23H22FN5O2. The number of aromatic amines is 1. The highest BCUT2D eigenvalue weighted by molar-refractivity contribution is 6.04. The average Bonchev–Trinajstić information content (AvgIpc) is 3.25. The van der Waals surface area contributed by atoms with Gasteiger partial charge in [-0.15, -0.1) is 0 Å². The van der Waals surface area contributed by atoms with E-state index in [0.29, 0.717) is 41.4 Å². The minimum atomic E-state index is -0.304. The molecule has 2 aromatic carbocycles. The molecule has 158 valence electrons. The van der Waals surface area contributed by atoms with Crippen LogP contribution in [0.1, 0.15) is 22.6 Å². The Balaban J connectivity index is 1.43. The van der Waals surface area contributed by atoms with Gasteiger partial charge in [0.1, 0.15) is 5.82 Å². The highest BCUT2D eigenvalue weighted by atomic mass is 19.1. The van der Waals surface area contributed by atoms with Crippen LogP contribution < -0.4 is 5.56 Å². The Labute approximate surface area is 178 Å². The van der Waals surface area contributed by atoms with Crippen molar-refractivity contribution in [1.82, 2.24) is 24.9 Å². The van der Waals surface area contributed by atoms with E-state index in [9.17, 15) is 14.0 Å². The van der Waals surface area contributed by atoms with E-state index in [4.69, 9.17) is 0 Å². The molecule has 4 aromatic rings. The second-order valence-electron chi connectivity index (χ2n) is 7.44. The first-order valence-electron chi connectivity index (χ1n) is 9.96. The van der Waals surface area contributed by atoms with Crippen LogP contribution in [0.25, 0.3) is 22.0 Å². The third kappa shape index (κ3) is 4.23. The van der Waals surface area contributed by atoms with Gasteiger partial charge in [0.15, 0.2) is 5.69 Å². The van der Waals surface area contributed by atoms with Gasteiger partial charge in [-0.2, -0.15) is 10.2 Å². The number of carbonyl (C=O) groups excluding carboxylic acids is 1. The molecule has 8 heteroatoms. The smallest absolute Gasteiger partial charge is 0.274 e. The van der Waals surface area contributed by atoms with Crippen molar-refractivity contribution in [2.75, 3.05) is 13.6 Å². The molecule has 1 amide bonds. The molecule has 2 heterocycles. The summed E-state index contributed by atoms with van der Waals surface area (Å²) in [4.78, 5) is 26.8. The van der Waals surface area contributed by atoms with Crippen molar-refractivity contribution in [3.63, 3.8) is 0 Å². The molecule has 2 aromatic heterocycles. The number of nitrogens with zero attached hydrogens (tertiary/aromatic N) is 4. The molecule has 4 rings (SSSR count). The topological polar surface area (TPSA) is 83.9 Å². The molecule has 0 aliphatic heterocycles. The molecule has 1 N–H and O–H groups in total. The van der Waals surface area contributed by atoms with Gasteiger partial charge in [-0.05, 0) is 37.1 Å². The predicted molar refractivity (Wildman–Crippen MR) is 116 cm³/mol. The monoisotopic (exact) mass is 419 g/mol. The summed E-state index contributed by atoms with van der Waals surface area (Å²) in [6.45, 7) is 0.506. The number of hydrogen-bond donors (Lipinski definition) is 1. The fraction of sp³-hybridized carbons (Fsp3) is 0.217. The molecular weight excluding hydrogens is 397 g/mol. The molecule has 7 nitrogen and oxygen atoms in total. The molecule has 0 saturated heterocycles. The van der Waals surface area contributed by atoms with E-state index in [2.05, 4.69) is 15.3 Å². The van der Waals surface area contributed by atoms with Gasteiger partial charge in [0.05, 0.1) is 11.1 Å². The maximum Gasteiger partial charge on any atom is 0.274 e. The molecule has 0 unspecified atom stereocenters. The first-order chi connectivity index (χ1) is 14.9. The lowest BCUT2D eigenvalue weighted by Crippen LogP contribution is -2.32. The Morgan fingerprint density at radius 2 is 1.90 bits per heavy atom. The number of amides is 1. The highest BCUT2D eigenvalue weighted by Crippen LogP contribution is 2.19. The van der Waals surface area contributed by atoms with Gasteiger partial charge in [-0.25, -0.2) is 9.07 Å². The maximum absolute atomic E-state index is 13.4. The van der Waals surface area contributed by atoms with E-state index < -0.39 is 0 Å². The van der Waals surface area contributed by atoms with Crippen LogP contribution in [0.4, 0.5) is 4.39 Å². The van der Waals surface area contributed by atoms with Crippen molar-refractivity contribution in [3.8, 4) is 11.3 Å². The second-order valence-corrected chi connectivity index (χ2v) is 7.44. The molecule has 31 heavy (non-hydrogen) atoms.